The molecule has 116 valence electrons. The van der Waals surface area contributed by atoms with Crippen molar-refractivity contribution in [1.82, 2.24) is 4.31 Å². The number of aromatic carboxylic acids is 1. The molecule has 0 saturated carbocycles. The molecule has 0 aliphatic carbocycles. The number of carbonyl (C=O) groups excluding carboxylic acids is 1. The van der Waals surface area contributed by atoms with Crippen molar-refractivity contribution >= 4 is 49.2 Å². The number of amides is 1. The van der Waals surface area contributed by atoms with Gasteiger partial charge in [0, 0.05) is 6.54 Å². The molecule has 1 fully saturated rings. The fourth-order valence-corrected chi connectivity index (χ4v) is 6.26. The summed E-state index contributed by atoms with van der Waals surface area (Å²) in [7, 11) is -3.97. The van der Waals surface area contributed by atoms with Crippen LogP contribution in [0.15, 0.2) is 14.7 Å². The SMILES string of the molecule is NC(=O)C1CCCCN1S(=O)(=O)c1cc(C(=O)O)sc1Br. The number of carboxylic acids is 1. The maximum atomic E-state index is 12.7. The molecule has 0 aromatic carbocycles. The van der Waals surface area contributed by atoms with Crippen LogP contribution in [-0.4, -0.2) is 42.3 Å². The number of sulfonamides is 1. The Morgan fingerprint density at radius 2 is 2.10 bits per heavy atom. The van der Waals surface area contributed by atoms with Crippen LogP contribution in [0.1, 0.15) is 28.9 Å². The number of piperidine rings is 1. The lowest BCUT2D eigenvalue weighted by Gasteiger charge is -2.32. The highest BCUT2D eigenvalue weighted by molar-refractivity contribution is 9.11. The van der Waals surface area contributed by atoms with Gasteiger partial charge in [-0.25, -0.2) is 13.2 Å². The summed E-state index contributed by atoms with van der Waals surface area (Å²) in [5.41, 5.74) is 5.28. The summed E-state index contributed by atoms with van der Waals surface area (Å²) in [5.74, 6) is -1.89. The second-order valence-corrected chi connectivity index (χ2v) is 8.81. The average Bonchev–Trinajstić information content (AvgIpc) is 2.81. The monoisotopic (exact) mass is 396 g/mol. The largest absolute Gasteiger partial charge is 0.477 e. The molecule has 1 saturated heterocycles. The van der Waals surface area contributed by atoms with E-state index in [-0.39, 0.29) is 20.1 Å². The van der Waals surface area contributed by atoms with E-state index in [1.54, 1.807) is 0 Å². The van der Waals surface area contributed by atoms with Gasteiger partial charge in [-0.3, -0.25) is 4.79 Å². The fraction of sp³-hybridized carbons (Fsp3) is 0.455. The van der Waals surface area contributed by atoms with Crippen LogP contribution in [0.25, 0.3) is 0 Å². The quantitative estimate of drug-likeness (QED) is 0.793. The Labute approximate surface area is 133 Å². The number of nitrogens with two attached hydrogens (primary N) is 1. The molecule has 1 aliphatic heterocycles. The molecule has 1 aromatic rings. The van der Waals surface area contributed by atoms with Gasteiger partial charge < -0.3 is 10.8 Å². The standard InChI is InChI=1S/C11H13BrN2O5S2/c12-9-8(5-7(20-9)11(16)17)21(18,19)14-4-2-1-3-6(14)10(13)15/h5-6H,1-4H2,(H2,13,15)(H,16,17). The minimum Gasteiger partial charge on any atom is -0.477 e. The highest BCUT2D eigenvalue weighted by Crippen LogP contribution is 2.35. The van der Waals surface area contributed by atoms with Crippen molar-refractivity contribution in [1.29, 1.82) is 0 Å². The number of halogens is 1. The second-order valence-electron chi connectivity index (χ2n) is 4.58. The predicted molar refractivity (Wildman–Crippen MR) is 79.7 cm³/mol. The molecule has 1 aliphatic rings. The van der Waals surface area contributed by atoms with Crippen molar-refractivity contribution in [2.24, 2.45) is 5.73 Å². The zero-order chi connectivity index (χ0) is 15.8. The van der Waals surface area contributed by atoms with Crippen molar-refractivity contribution in [2.45, 2.75) is 30.2 Å². The Hall–Kier alpha value is -0.970. The number of primary amides is 1. The Morgan fingerprint density at radius 3 is 2.62 bits per heavy atom. The smallest absolute Gasteiger partial charge is 0.345 e. The predicted octanol–water partition coefficient (Wildman–Crippen LogP) is 1.24. The first-order valence-electron chi connectivity index (χ1n) is 6.09. The number of nitrogens with zero attached hydrogens (tertiary/aromatic N) is 1. The third kappa shape index (κ3) is 3.12. The molecule has 7 nitrogen and oxygen atoms in total. The third-order valence-electron chi connectivity index (χ3n) is 3.24. The summed E-state index contributed by atoms with van der Waals surface area (Å²) < 4.78 is 26.6. The van der Waals surface area contributed by atoms with E-state index in [1.165, 1.54) is 0 Å². The lowest BCUT2D eigenvalue weighted by Crippen LogP contribution is -2.50. The fourth-order valence-electron chi connectivity index (χ4n) is 2.24. The molecule has 3 N–H and O–H groups in total. The first-order valence-corrected chi connectivity index (χ1v) is 9.14. The van der Waals surface area contributed by atoms with Crippen molar-refractivity contribution in [3.8, 4) is 0 Å². The summed E-state index contributed by atoms with van der Waals surface area (Å²) in [5, 5.41) is 8.95. The van der Waals surface area contributed by atoms with Gasteiger partial charge >= 0.3 is 5.97 Å². The van der Waals surface area contributed by atoms with Crippen LogP contribution in [0.5, 0.6) is 0 Å². The van der Waals surface area contributed by atoms with Gasteiger partial charge in [0.05, 0.1) is 3.79 Å². The number of hydrogen-bond donors (Lipinski definition) is 2. The maximum absolute atomic E-state index is 12.7. The Kier molecular flexibility index (Phi) is 4.71. The van der Waals surface area contributed by atoms with Gasteiger partial charge in [-0.1, -0.05) is 6.42 Å². The minimum atomic E-state index is -3.97. The highest BCUT2D eigenvalue weighted by atomic mass is 79.9. The summed E-state index contributed by atoms with van der Waals surface area (Å²) in [6.07, 6.45) is 1.74. The average molecular weight is 397 g/mol. The van der Waals surface area contributed by atoms with Gasteiger partial charge in [-0.15, -0.1) is 11.3 Å². The van der Waals surface area contributed by atoms with E-state index in [2.05, 4.69) is 15.9 Å². The molecule has 0 radical (unpaired) electrons. The lowest BCUT2D eigenvalue weighted by atomic mass is 10.0. The van der Waals surface area contributed by atoms with Crippen LogP contribution < -0.4 is 5.73 Å². The summed E-state index contributed by atoms with van der Waals surface area (Å²) in [4.78, 5) is 22.2. The molecule has 21 heavy (non-hydrogen) atoms. The van der Waals surface area contributed by atoms with Gasteiger partial charge in [-0.2, -0.15) is 4.31 Å². The Balaban J connectivity index is 2.45. The van der Waals surface area contributed by atoms with Crippen LogP contribution in [-0.2, 0) is 14.8 Å². The molecule has 1 unspecified atom stereocenters. The lowest BCUT2D eigenvalue weighted by molar-refractivity contribution is -0.122. The zero-order valence-corrected chi connectivity index (χ0v) is 14.0. The summed E-state index contributed by atoms with van der Waals surface area (Å²) in [6.45, 7) is 0.195. The van der Waals surface area contributed by atoms with E-state index in [1.807, 2.05) is 0 Å². The molecule has 0 bridgehead atoms. The number of rotatable bonds is 4. The van der Waals surface area contributed by atoms with Gasteiger partial charge in [0.15, 0.2) is 0 Å². The molecule has 0 spiro atoms. The third-order valence-corrected chi connectivity index (χ3v) is 7.38. The van der Waals surface area contributed by atoms with Crippen LogP contribution >= 0.6 is 27.3 Å². The first kappa shape index (κ1) is 16.4. The molecule has 2 rings (SSSR count). The van der Waals surface area contributed by atoms with Crippen LogP contribution in [0, 0.1) is 0 Å². The van der Waals surface area contributed by atoms with Crippen LogP contribution in [0.4, 0.5) is 0 Å². The molecular formula is C11H13BrN2O5S2. The van der Waals surface area contributed by atoms with Gasteiger partial charge in [0.1, 0.15) is 15.8 Å². The van der Waals surface area contributed by atoms with E-state index < -0.39 is 27.9 Å². The second kappa shape index (κ2) is 6.03. The van der Waals surface area contributed by atoms with Crippen molar-refractivity contribution in [3.63, 3.8) is 0 Å². The normalized spacial score (nSPS) is 20.3. The number of carbonyl (C=O) groups is 2. The van der Waals surface area contributed by atoms with E-state index in [9.17, 15) is 18.0 Å². The molecule has 1 amide bonds. The van der Waals surface area contributed by atoms with Gasteiger partial charge in [0.25, 0.3) is 0 Å². The first-order chi connectivity index (χ1) is 9.75. The van der Waals surface area contributed by atoms with E-state index in [0.717, 1.165) is 28.1 Å². The van der Waals surface area contributed by atoms with Gasteiger partial charge in [0.2, 0.25) is 15.9 Å². The zero-order valence-electron chi connectivity index (χ0n) is 10.8. The molecular weight excluding hydrogens is 384 g/mol. The summed E-state index contributed by atoms with van der Waals surface area (Å²) in [6, 6.07) is 0.211. The topological polar surface area (TPSA) is 118 Å². The Bertz CT molecular complexity index is 685. The molecule has 1 atom stereocenters. The molecule has 1 aromatic heterocycles. The van der Waals surface area contributed by atoms with Crippen molar-refractivity contribution in [2.75, 3.05) is 6.54 Å². The van der Waals surface area contributed by atoms with Gasteiger partial charge in [-0.05, 0) is 34.8 Å². The van der Waals surface area contributed by atoms with Crippen molar-refractivity contribution in [3.05, 3.63) is 14.7 Å². The van der Waals surface area contributed by atoms with Crippen LogP contribution in [0.2, 0.25) is 0 Å². The molecule has 10 heteroatoms. The highest BCUT2D eigenvalue weighted by Gasteiger charge is 2.38. The number of hydrogen-bond acceptors (Lipinski definition) is 5. The van der Waals surface area contributed by atoms with E-state index >= 15 is 0 Å². The number of thiophene rings is 1. The summed E-state index contributed by atoms with van der Waals surface area (Å²) >= 11 is 3.90. The minimum absolute atomic E-state index is 0.0897. The van der Waals surface area contributed by atoms with E-state index in [4.69, 9.17) is 10.8 Å². The van der Waals surface area contributed by atoms with E-state index in [0.29, 0.717) is 12.8 Å². The number of carboxylic acid groups (broad SMARTS) is 1. The van der Waals surface area contributed by atoms with Crippen LogP contribution in [0.3, 0.4) is 0 Å². The van der Waals surface area contributed by atoms with Crippen molar-refractivity contribution < 1.29 is 23.1 Å². The Morgan fingerprint density at radius 1 is 1.43 bits per heavy atom. The maximum Gasteiger partial charge on any atom is 0.345 e. The molecule has 2 heterocycles.